The molecule has 0 aromatic heterocycles. The number of carbonyl (C=O) groups is 2. The summed E-state index contributed by atoms with van der Waals surface area (Å²) in [6, 6.07) is -0.457. The second-order valence-electron chi connectivity index (χ2n) is 4.59. The topological polar surface area (TPSA) is 49.4 Å². The predicted octanol–water partition coefficient (Wildman–Crippen LogP) is 0.725. The number of urea groups is 1. The Bertz CT molecular complexity index is 285. The van der Waals surface area contributed by atoms with Crippen molar-refractivity contribution in [3.8, 4) is 0 Å². The van der Waals surface area contributed by atoms with Gasteiger partial charge < -0.3 is 5.32 Å². The van der Waals surface area contributed by atoms with E-state index in [0.717, 1.165) is 6.42 Å². The second-order valence-corrected chi connectivity index (χ2v) is 4.59. The Morgan fingerprint density at radius 3 is 2.31 bits per heavy atom. The average Bonchev–Trinajstić information content (AvgIpc) is 2.51. The number of amides is 3. The summed E-state index contributed by atoms with van der Waals surface area (Å²) in [6.07, 6.45) is 0.929. The lowest BCUT2D eigenvalue weighted by molar-refractivity contribution is -0.127. The van der Waals surface area contributed by atoms with Crippen molar-refractivity contribution in [3.05, 3.63) is 0 Å². The van der Waals surface area contributed by atoms with Crippen molar-refractivity contribution in [3.63, 3.8) is 0 Å². The normalized spacial score (nSPS) is 36.4. The summed E-state index contributed by atoms with van der Waals surface area (Å²) in [6.45, 7) is 5.86. The van der Waals surface area contributed by atoms with Crippen LogP contribution in [-0.2, 0) is 4.79 Å². The van der Waals surface area contributed by atoms with Crippen LogP contribution in [0.4, 0.5) is 4.79 Å². The van der Waals surface area contributed by atoms with E-state index in [0.29, 0.717) is 0 Å². The average molecular weight is 182 g/mol. The third-order valence-corrected chi connectivity index (χ3v) is 2.94. The van der Waals surface area contributed by atoms with Crippen LogP contribution in [0, 0.1) is 5.41 Å². The third kappa shape index (κ3) is 1.12. The largest absolute Gasteiger partial charge is 0.326 e. The molecule has 1 saturated heterocycles. The Kier molecular flexibility index (Phi) is 1.47. The maximum atomic E-state index is 11.5. The van der Waals surface area contributed by atoms with Crippen LogP contribution in [0.5, 0.6) is 0 Å². The smallest absolute Gasteiger partial charge is 0.325 e. The lowest BCUT2D eigenvalue weighted by Gasteiger charge is -2.14. The minimum Gasteiger partial charge on any atom is -0.326 e. The number of carbonyl (C=O) groups excluding carboxylic acids is 2. The van der Waals surface area contributed by atoms with Crippen LogP contribution in [0.1, 0.15) is 27.2 Å². The summed E-state index contributed by atoms with van der Waals surface area (Å²) in [5.41, 5.74) is 0.122. The number of imide groups is 1. The minimum absolute atomic E-state index is 0.0828. The first-order chi connectivity index (χ1) is 5.93. The van der Waals surface area contributed by atoms with E-state index in [1.54, 1.807) is 6.92 Å². The Morgan fingerprint density at radius 1 is 1.46 bits per heavy atom. The van der Waals surface area contributed by atoms with Crippen LogP contribution >= 0.6 is 0 Å². The van der Waals surface area contributed by atoms with Crippen LogP contribution in [-0.4, -0.2) is 28.9 Å². The van der Waals surface area contributed by atoms with Gasteiger partial charge in [0.15, 0.2) is 0 Å². The fourth-order valence-corrected chi connectivity index (χ4v) is 1.80. The fraction of sp³-hybridized carbons (Fsp3) is 0.778. The van der Waals surface area contributed by atoms with Crippen LogP contribution < -0.4 is 5.32 Å². The molecule has 1 N–H and O–H groups in total. The molecule has 1 aliphatic carbocycles. The van der Waals surface area contributed by atoms with Gasteiger partial charge in [0, 0.05) is 6.04 Å². The molecule has 1 heterocycles. The van der Waals surface area contributed by atoms with Gasteiger partial charge >= 0.3 is 6.03 Å². The molecule has 3 amide bonds. The molecule has 4 nitrogen and oxygen atoms in total. The van der Waals surface area contributed by atoms with Crippen molar-refractivity contribution in [1.29, 1.82) is 0 Å². The number of nitrogens with one attached hydrogen (secondary N) is 1. The highest BCUT2D eigenvalue weighted by atomic mass is 16.2. The molecule has 1 saturated carbocycles. The molecule has 13 heavy (non-hydrogen) atoms. The lowest BCUT2D eigenvalue weighted by atomic mass is 10.2. The molecule has 1 aliphatic heterocycles. The minimum atomic E-state index is -0.344. The zero-order valence-electron chi connectivity index (χ0n) is 8.13. The highest BCUT2D eigenvalue weighted by molar-refractivity contribution is 6.04. The summed E-state index contributed by atoms with van der Waals surface area (Å²) in [5.74, 6) is -0.0828. The van der Waals surface area contributed by atoms with Gasteiger partial charge in [-0.3, -0.25) is 9.69 Å². The van der Waals surface area contributed by atoms with E-state index in [-0.39, 0.29) is 29.4 Å². The highest BCUT2D eigenvalue weighted by Gasteiger charge is 2.55. The Balaban J connectivity index is 2.17. The van der Waals surface area contributed by atoms with E-state index in [9.17, 15) is 9.59 Å². The van der Waals surface area contributed by atoms with Gasteiger partial charge in [0.2, 0.25) is 0 Å². The summed E-state index contributed by atoms with van der Waals surface area (Å²) in [5, 5.41) is 2.61. The highest BCUT2D eigenvalue weighted by Crippen LogP contribution is 2.49. The molecular weight excluding hydrogens is 168 g/mol. The molecule has 0 aromatic carbocycles. The van der Waals surface area contributed by atoms with Crippen LogP contribution in [0.25, 0.3) is 0 Å². The monoisotopic (exact) mass is 182 g/mol. The number of hydrogen-bond acceptors (Lipinski definition) is 2. The Hall–Kier alpha value is -1.06. The van der Waals surface area contributed by atoms with E-state index in [1.807, 2.05) is 0 Å². The quantitative estimate of drug-likeness (QED) is 0.607. The predicted molar refractivity (Wildman–Crippen MR) is 47.0 cm³/mol. The molecule has 72 valence electrons. The van der Waals surface area contributed by atoms with Crippen molar-refractivity contribution in [2.75, 3.05) is 0 Å². The van der Waals surface area contributed by atoms with Gasteiger partial charge in [-0.1, -0.05) is 13.8 Å². The first-order valence-electron chi connectivity index (χ1n) is 4.57. The van der Waals surface area contributed by atoms with E-state index < -0.39 is 0 Å². The molecule has 4 heteroatoms. The maximum absolute atomic E-state index is 11.5. The molecule has 2 aliphatic rings. The van der Waals surface area contributed by atoms with Gasteiger partial charge in [-0.05, 0) is 18.8 Å². The summed E-state index contributed by atoms with van der Waals surface area (Å²) < 4.78 is 0. The molecular formula is C9H14N2O2. The number of hydrogen-bond donors (Lipinski definition) is 1. The maximum Gasteiger partial charge on any atom is 0.325 e. The standard InChI is InChI=1S/C9H14N2O2/c1-5-7(12)11(8(13)10-5)6-4-9(6,2)3/h5-6H,4H2,1-3H3,(H,10,13)/t5-,6?/m1/s1. The second kappa shape index (κ2) is 2.25. The zero-order valence-corrected chi connectivity index (χ0v) is 8.13. The van der Waals surface area contributed by atoms with Gasteiger partial charge in [-0.25, -0.2) is 4.79 Å². The van der Waals surface area contributed by atoms with Crippen LogP contribution in [0.15, 0.2) is 0 Å². The molecule has 0 bridgehead atoms. The first kappa shape index (κ1) is 8.53. The molecule has 2 atom stereocenters. The summed E-state index contributed by atoms with van der Waals surface area (Å²) >= 11 is 0. The fourth-order valence-electron chi connectivity index (χ4n) is 1.80. The van der Waals surface area contributed by atoms with E-state index in [1.165, 1.54) is 4.90 Å². The van der Waals surface area contributed by atoms with E-state index in [2.05, 4.69) is 19.2 Å². The van der Waals surface area contributed by atoms with Crippen molar-refractivity contribution < 1.29 is 9.59 Å². The molecule has 0 radical (unpaired) electrons. The van der Waals surface area contributed by atoms with Gasteiger partial charge in [0.1, 0.15) is 6.04 Å². The van der Waals surface area contributed by atoms with Gasteiger partial charge in [0.05, 0.1) is 0 Å². The van der Waals surface area contributed by atoms with Crippen LogP contribution in [0.2, 0.25) is 0 Å². The lowest BCUT2D eigenvalue weighted by Crippen LogP contribution is -2.35. The molecule has 0 spiro atoms. The number of nitrogens with zero attached hydrogens (tertiary/aromatic N) is 1. The molecule has 1 unspecified atom stereocenters. The summed E-state index contributed by atoms with van der Waals surface area (Å²) in [7, 11) is 0. The Labute approximate surface area is 77.3 Å². The van der Waals surface area contributed by atoms with E-state index in [4.69, 9.17) is 0 Å². The van der Waals surface area contributed by atoms with Crippen molar-refractivity contribution in [1.82, 2.24) is 10.2 Å². The molecule has 0 aromatic rings. The number of rotatable bonds is 1. The van der Waals surface area contributed by atoms with Crippen molar-refractivity contribution >= 4 is 11.9 Å². The van der Waals surface area contributed by atoms with E-state index >= 15 is 0 Å². The van der Waals surface area contributed by atoms with Gasteiger partial charge in [0.25, 0.3) is 5.91 Å². The Morgan fingerprint density at radius 2 is 2.00 bits per heavy atom. The van der Waals surface area contributed by atoms with Gasteiger partial charge in [-0.2, -0.15) is 0 Å². The first-order valence-corrected chi connectivity index (χ1v) is 4.57. The molecule has 2 rings (SSSR count). The van der Waals surface area contributed by atoms with Crippen molar-refractivity contribution in [2.24, 2.45) is 5.41 Å². The molecule has 2 fully saturated rings. The van der Waals surface area contributed by atoms with Crippen LogP contribution in [0.3, 0.4) is 0 Å². The zero-order chi connectivity index (χ0) is 9.80. The van der Waals surface area contributed by atoms with Gasteiger partial charge in [-0.15, -0.1) is 0 Å². The third-order valence-electron chi connectivity index (χ3n) is 2.94. The SMILES string of the molecule is C[C@H]1NC(=O)N(C2CC2(C)C)C1=O. The summed E-state index contributed by atoms with van der Waals surface area (Å²) in [4.78, 5) is 24.3. The van der Waals surface area contributed by atoms with Crippen molar-refractivity contribution in [2.45, 2.75) is 39.3 Å².